The molecule has 1 aromatic carbocycles. The van der Waals surface area contributed by atoms with Crippen LogP contribution in [0.1, 0.15) is 44.6 Å². The zero-order valence-electron chi connectivity index (χ0n) is 20.0. The second-order valence-corrected chi connectivity index (χ2v) is 10.5. The van der Waals surface area contributed by atoms with E-state index in [9.17, 15) is 4.79 Å². The molecular formula is C26H39N3O4. The molecule has 3 saturated heterocycles. The third kappa shape index (κ3) is 5.47. The Labute approximate surface area is 197 Å². The lowest BCUT2D eigenvalue weighted by molar-refractivity contribution is -0.130. The number of carbonyl (C=O) groups is 1. The van der Waals surface area contributed by atoms with E-state index >= 15 is 0 Å². The Hall–Kier alpha value is -1.83. The Kier molecular flexibility index (Phi) is 7.09. The summed E-state index contributed by atoms with van der Waals surface area (Å²) in [4.78, 5) is 18.6. The summed E-state index contributed by atoms with van der Waals surface area (Å²) in [7, 11) is 0. The van der Waals surface area contributed by atoms with E-state index in [4.69, 9.17) is 14.2 Å². The summed E-state index contributed by atoms with van der Waals surface area (Å²) in [6.07, 6.45) is 6.40. The number of likely N-dealkylation sites (tertiary alicyclic amines) is 2. The maximum Gasteiger partial charge on any atom is 0.227 e. The third-order valence-electron chi connectivity index (χ3n) is 7.86. The molecule has 0 radical (unpaired) electrons. The largest absolute Gasteiger partial charge is 0.486 e. The van der Waals surface area contributed by atoms with Crippen molar-refractivity contribution in [2.24, 2.45) is 5.41 Å². The number of ether oxygens (including phenoxy) is 3. The van der Waals surface area contributed by atoms with Gasteiger partial charge in [-0.15, -0.1) is 0 Å². The van der Waals surface area contributed by atoms with Crippen LogP contribution in [-0.4, -0.2) is 86.9 Å². The lowest BCUT2D eigenvalue weighted by Gasteiger charge is -2.33. The lowest BCUT2D eigenvalue weighted by Crippen LogP contribution is -2.50. The molecule has 4 heterocycles. The first-order valence-corrected chi connectivity index (χ1v) is 12.8. The minimum atomic E-state index is -0.325. The van der Waals surface area contributed by atoms with Gasteiger partial charge in [0.15, 0.2) is 11.5 Å². The van der Waals surface area contributed by atoms with Gasteiger partial charge < -0.3 is 24.4 Å². The zero-order valence-corrected chi connectivity index (χ0v) is 20.0. The van der Waals surface area contributed by atoms with Gasteiger partial charge in [0.25, 0.3) is 0 Å². The van der Waals surface area contributed by atoms with Gasteiger partial charge in [0.1, 0.15) is 13.2 Å². The number of rotatable bonds is 7. The Morgan fingerprint density at radius 3 is 2.64 bits per heavy atom. The molecule has 7 heteroatoms. The number of hydrogen-bond donors (Lipinski definition) is 1. The highest BCUT2D eigenvalue weighted by Crippen LogP contribution is 2.34. The molecule has 0 saturated carbocycles. The summed E-state index contributed by atoms with van der Waals surface area (Å²) in [5.74, 6) is 1.84. The van der Waals surface area contributed by atoms with Gasteiger partial charge in [-0.3, -0.25) is 9.69 Å². The van der Waals surface area contributed by atoms with Gasteiger partial charge in [0.05, 0.1) is 5.41 Å². The Morgan fingerprint density at radius 2 is 1.85 bits per heavy atom. The van der Waals surface area contributed by atoms with Crippen LogP contribution in [0.3, 0.4) is 0 Å². The first-order valence-electron chi connectivity index (χ1n) is 12.8. The number of carbonyl (C=O) groups excluding carboxylic acids is 1. The highest BCUT2D eigenvalue weighted by molar-refractivity contribution is 5.83. The van der Waals surface area contributed by atoms with E-state index in [0.717, 1.165) is 83.1 Å². The molecule has 4 aliphatic rings. The molecule has 1 N–H and O–H groups in total. The van der Waals surface area contributed by atoms with Crippen molar-refractivity contribution in [3.8, 4) is 11.5 Å². The van der Waals surface area contributed by atoms with Crippen molar-refractivity contribution in [3.05, 3.63) is 23.8 Å². The second-order valence-electron chi connectivity index (χ2n) is 10.5. The van der Waals surface area contributed by atoms with E-state index in [1.807, 2.05) is 6.07 Å². The van der Waals surface area contributed by atoms with Crippen molar-refractivity contribution in [1.82, 2.24) is 15.1 Å². The van der Waals surface area contributed by atoms with Crippen LogP contribution in [0.15, 0.2) is 18.2 Å². The fourth-order valence-corrected chi connectivity index (χ4v) is 5.84. The van der Waals surface area contributed by atoms with Gasteiger partial charge in [0.2, 0.25) is 5.91 Å². The summed E-state index contributed by atoms with van der Waals surface area (Å²) in [5, 5.41) is 3.47. The molecule has 3 fully saturated rings. The second kappa shape index (κ2) is 10.2. The molecule has 7 nitrogen and oxygen atoms in total. The first-order chi connectivity index (χ1) is 16.1. The average molecular weight is 458 g/mol. The van der Waals surface area contributed by atoms with E-state index in [1.54, 1.807) is 0 Å². The van der Waals surface area contributed by atoms with Crippen LogP contribution >= 0.6 is 0 Å². The van der Waals surface area contributed by atoms with E-state index in [2.05, 4.69) is 34.2 Å². The summed E-state index contributed by atoms with van der Waals surface area (Å²) < 4.78 is 17.0. The van der Waals surface area contributed by atoms with E-state index in [-0.39, 0.29) is 17.4 Å². The van der Waals surface area contributed by atoms with Gasteiger partial charge in [-0.2, -0.15) is 0 Å². The molecule has 1 amide bonds. The molecule has 1 unspecified atom stereocenters. The van der Waals surface area contributed by atoms with Crippen molar-refractivity contribution >= 4 is 5.91 Å². The summed E-state index contributed by atoms with van der Waals surface area (Å²) >= 11 is 0. The van der Waals surface area contributed by atoms with Crippen LogP contribution in [0.2, 0.25) is 0 Å². The van der Waals surface area contributed by atoms with Gasteiger partial charge in [-0.25, -0.2) is 0 Å². The Morgan fingerprint density at radius 1 is 1.09 bits per heavy atom. The molecule has 5 rings (SSSR count). The number of nitrogens with one attached hydrogen (secondary N) is 1. The van der Waals surface area contributed by atoms with Crippen LogP contribution in [0.5, 0.6) is 11.5 Å². The summed E-state index contributed by atoms with van der Waals surface area (Å²) in [6.45, 7) is 10.0. The molecule has 0 bridgehead atoms. The molecule has 4 aliphatic heterocycles. The van der Waals surface area contributed by atoms with Crippen molar-refractivity contribution in [1.29, 1.82) is 0 Å². The van der Waals surface area contributed by atoms with Crippen LogP contribution in [0.4, 0.5) is 0 Å². The van der Waals surface area contributed by atoms with Gasteiger partial charge in [0, 0.05) is 38.4 Å². The summed E-state index contributed by atoms with van der Waals surface area (Å²) in [5.41, 5.74) is 0.859. The molecular weight excluding hydrogens is 418 g/mol. The quantitative estimate of drug-likeness (QED) is 0.679. The van der Waals surface area contributed by atoms with E-state index in [0.29, 0.717) is 19.3 Å². The summed E-state index contributed by atoms with van der Waals surface area (Å²) in [6, 6.07) is 6.85. The van der Waals surface area contributed by atoms with Crippen molar-refractivity contribution in [2.75, 3.05) is 59.2 Å². The number of hydrogen-bond acceptors (Lipinski definition) is 6. The van der Waals surface area contributed by atoms with Gasteiger partial charge in [-0.1, -0.05) is 6.07 Å². The minimum Gasteiger partial charge on any atom is -0.486 e. The van der Waals surface area contributed by atoms with Crippen LogP contribution in [-0.2, 0) is 16.0 Å². The predicted molar refractivity (Wildman–Crippen MR) is 127 cm³/mol. The zero-order chi connectivity index (χ0) is 22.7. The van der Waals surface area contributed by atoms with Crippen molar-refractivity contribution in [3.63, 3.8) is 0 Å². The van der Waals surface area contributed by atoms with Gasteiger partial charge >= 0.3 is 0 Å². The number of benzene rings is 1. The van der Waals surface area contributed by atoms with Crippen molar-refractivity contribution in [2.45, 2.75) is 57.5 Å². The van der Waals surface area contributed by atoms with Gasteiger partial charge in [-0.05, 0) is 82.8 Å². The molecule has 1 aromatic rings. The van der Waals surface area contributed by atoms with Crippen LogP contribution < -0.4 is 14.8 Å². The van der Waals surface area contributed by atoms with Crippen molar-refractivity contribution < 1.29 is 19.0 Å². The highest BCUT2D eigenvalue weighted by atomic mass is 16.6. The Bertz CT molecular complexity index is 822. The fourth-order valence-electron chi connectivity index (χ4n) is 5.84. The molecule has 0 aliphatic carbocycles. The predicted octanol–water partition coefficient (Wildman–Crippen LogP) is 2.47. The third-order valence-corrected chi connectivity index (χ3v) is 7.86. The number of amides is 1. The highest BCUT2D eigenvalue weighted by Gasteiger charge is 2.43. The van der Waals surface area contributed by atoms with Crippen LogP contribution in [0, 0.1) is 5.41 Å². The molecule has 182 valence electrons. The maximum absolute atomic E-state index is 13.6. The number of nitrogens with zero attached hydrogens (tertiary/aromatic N) is 2. The normalized spacial score (nSPS) is 27.5. The number of fused-ring (bicyclic) bond motifs is 1. The standard InChI is InChI=1S/C26H39N3O4/c1-26(8-11-29(19-26)22-6-12-31-13-7-22)25(30)27-21(18-28-9-2-3-10-28)16-20-4-5-23-24(17-20)33-15-14-32-23/h4-5,17,21-22H,2-3,6-16,18-19H2,1H3,(H,27,30)/t21?,26-/m1/s1. The molecule has 0 aromatic heterocycles. The van der Waals surface area contributed by atoms with E-state index in [1.165, 1.54) is 18.4 Å². The molecule has 2 atom stereocenters. The Balaban J connectivity index is 1.25. The smallest absolute Gasteiger partial charge is 0.227 e. The first kappa shape index (κ1) is 22.9. The average Bonchev–Trinajstić information content (AvgIpc) is 3.50. The lowest BCUT2D eigenvalue weighted by atomic mass is 9.88. The topological polar surface area (TPSA) is 63.3 Å². The SMILES string of the molecule is C[C@@]1(C(=O)NC(Cc2ccc3c(c2)OCCO3)CN2CCCC2)CCN(C2CCOCC2)C1. The van der Waals surface area contributed by atoms with Crippen LogP contribution in [0.25, 0.3) is 0 Å². The minimum absolute atomic E-state index is 0.0899. The van der Waals surface area contributed by atoms with E-state index < -0.39 is 0 Å². The molecule has 33 heavy (non-hydrogen) atoms. The maximum atomic E-state index is 13.6. The molecule has 0 spiro atoms. The monoisotopic (exact) mass is 457 g/mol. The fraction of sp³-hybridized carbons (Fsp3) is 0.731.